The summed E-state index contributed by atoms with van der Waals surface area (Å²) in [5.41, 5.74) is 7.93. The number of rotatable bonds is 6. The zero-order chi connectivity index (χ0) is 19.8. The molecule has 1 aliphatic carbocycles. The van der Waals surface area contributed by atoms with Gasteiger partial charge in [0.05, 0.1) is 11.2 Å². The van der Waals surface area contributed by atoms with Crippen molar-refractivity contribution >= 4 is 10.9 Å². The maximum Gasteiger partial charge on any atom is 0.150 e. The first-order valence-electron chi connectivity index (χ1n) is 9.34. The van der Waals surface area contributed by atoms with E-state index in [0.717, 1.165) is 30.0 Å². The molecular formula is C21H22F3N3O. The van der Waals surface area contributed by atoms with Crippen molar-refractivity contribution in [2.24, 2.45) is 11.7 Å². The van der Waals surface area contributed by atoms with Crippen LogP contribution in [0.2, 0.25) is 0 Å². The molecule has 0 amide bonds. The van der Waals surface area contributed by atoms with Crippen molar-refractivity contribution in [1.82, 2.24) is 10.3 Å². The highest BCUT2D eigenvalue weighted by Gasteiger charge is 2.34. The largest absolute Gasteiger partial charge is 0.377 e. The van der Waals surface area contributed by atoms with Gasteiger partial charge in [-0.3, -0.25) is 5.32 Å². The average molecular weight is 389 g/mol. The van der Waals surface area contributed by atoms with Crippen molar-refractivity contribution in [2.75, 3.05) is 13.1 Å². The Bertz CT molecular complexity index is 981. The SMILES string of the molecule is NCC(O)NCC1CC(c2c(-c3ccc(F)cc3)[nH]c3c(F)cc(F)cc23)C1. The molecule has 2 aromatic carbocycles. The molecule has 1 aromatic heterocycles. The molecule has 0 saturated heterocycles. The number of aliphatic hydroxyl groups is 1. The molecule has 3 aromatic rings. The van der Waals surface area contributed by atoms with E-state index in [1.807, 2.05) is 0 Å². The standard InChI is InChI=1S/C21H22F3N3O/c22-14-3-1-12(2-4-14)20-19(13-5-11(6-13)10-26-18(28)9-25)16-7-15(23)8-17(24)21(16)27-20/h1-4,7-8,11,13,18,26-28H,5-6,9-10,25H2. The van der Waals surface area contributed by atoms with Gasteiger partial charge in [-0.25, -0.2) is 13.2 Å². The molecule has 0 bridgehead atoms. The zero-order valence-electron chi connectivity index (χ0n) is 15.2. The van der Waals surface area contributed by atoms with Gasteiger partial charge in [-0.2, -0.15) is 0 Å². The predicted molar refractivity (Wildman–Crippen MR) is 102 cm³/mol. The Hall–Kier alpha value is -2.35. The third-order valence-electron chi connectivity index (χ3n) is 5.51. The second-order valence-electron chi connectivity index (χ2n) is 7.42. The number of nitrogens with two attached hydrogens (primary N) is 1. The fourth-order valence-electron chi connectivity index (χ4n) is 4.03. The monoisotopic (exact) mass is 389 g/mol. The first-order chi connectivity index (χ1) is 13.5. The highest BCUT2D eigenvalue weighted by Crippen LogP contribution is 2.48. The molecule has 1 heterocycles. The van der Waals surface area contributed by atoms with Crippen molar-refractivity contribution < 1.29 is 18.3 Å². The van der Waals surface area contributed by atoms with Gasteiger partial charge in [0.15, 0.2) is 0 Å². The van der Waals surface area contributed by atoms with Crippen molar-refractivity contribution in [3.05, 3.63) is 59.4 Å². The van der Waals surface area contributed by atoms with Crippen molar-refractivity contribution in [3.8, 4) is 11.3 Å². The number of aromatic nitrogens is 1. The van der Waals surface area contributed by atoms with Crippen LogP contribution in [0.3, 0.4) is 0 Å². The third-order valence-corrected chi connectivity index (χ3v) is 5.51. The van der Waals surface area contributed by atoms with E-state index in [1.165, 1.54) is 18.2 Å². The van der Waals surface area contributed by atoms with Crippen LogP contribution in [0.15, 0.2) is 36.4 Å². The molecule has 1 saturated carbocycles. The molecule has 4 nitrogen and oxygen atoms in total. The Morgan fingerprint density at radius 1 is 1.11 bits per heavy atom. The summed E-state index contributed by atoms with van der Waals surface area (Å²) in [5, 5.41) is 13.0. The minimum Gasteiger partial charge on any atom is -0.377 e. The number of nitrogens with one attached hydrogen (secondary N) is 2. The molecule has 1 aliphatic rings. The smallest absolute Gasteiger partial charge is 0.150 e. The van der Waals surface area contributed by atoms with E-state index in [2.05, 4.69) is 10.3 Å². The third kappa shape index (κ3) is 3.53. The summed E-state index contributed by atoms with van der Waals surface area (Å²) in [6, 6.07) is 8.17. The highest BCUT2D eigenvalue weighted by atomic mass is 19.1. The maximum atomic E-state index is 14.3. The fourth-order valence-corrected chi connectivity index (χ4v) is 4.03. The predicted octanol–water partition coefficient (Wildman–Crippen LogP) is 3.61. The summed E-state index contributed by atoms with van der Waals surface area (Å²) in [4.78, 5) is 3.08. The molecule has 5 N–H and O–H groups in total. The van der Waals surface area contributed by atoms with Gasteiger partial charge in [0.1, 0.15) is 23.7 Å². The lowest BCUT2D eigenvalue weighted by atomic mass is 9.70. The number of fused-ring (bicyclic) bond motifs is 1. The van der Waals surface area contributed by atoms with Crippen LogP contribution in [-0.4, -0.2) is 29.4 Å². The summed E-state index contributed by atoms with van der Waals surface area (Å²) in [7, 11) is 0. The lowest BCUT2D eigenvalue weighted by Crippen LogP contribution is -2.41. The summed E-state index contributed by atoms with van der Waals surface area (Å²) >= 11 is 0. The summed E-state index contributed by atoms with van der Waals surface area (Å²) in [5.74, 6) is -1.16. The molecular weight excluding hydrogens is 367 g/mol. The fraction of sp³-hybridized carbons (Fsp3) is 0.333. The first-order valence-corrected chi connectivity index (χ1v) is 9.34. The molecule has 1 atom stereocenters. The number of aromatic amines is 1. The number of aliphatic hydroxyl groups excluding tert-OH is 1. The zero-order valence-corrected chi connectivity index (χ0v) is 15.2. The van der Waals surface area contributed by atoms with E-state index in [4.69, 9.17) is 5.73 Å². The van der Waals surface area contributed by atoms with Gasteiger partial charge in [-0.15, -0.1) is 0 Å². The van der Waals surface area contributed by atoms with Crippen LogP contribution >= 0.6 is 0 Å². The van der Waals surface area contributed by atoms with Gasteiger partial charge in [0.2, 0.25) is 0 Å². The molecule has 1 unspecified atom stereocenters. The van der Waals surface area contributed by atoms with Crippen LogP contribution in [0.25, 0.3) is 22.2 Å². The molecule has 4 rings (SSSR count). The van der Waals surface area contributed by atoms with Gasteiger partial charge in [-0.1, -0.05) is 0 Å². The average Bonchev–Trinajstić information content (AvgIpc) is 3.00. The van der Waals surface area contributed by atoms with Crippen molar-refractivity contribution in [1.29, 1.82) is 0 Å². The lowest BCUT2D eigenvalue weighted by molar-refractivity contribution is 0.125. The Balaban J connectivity index is 1.68. The van der Waals surface area contributed by atoms with Crippen LogP contribution in [0.1, 0.15) is 24.3 Å². The van der Waals surface area contributed by atoms with Gasteiger partial charge in [0.25, 0.3) is 0 Å². The molecule has 0 spiro atoms. The highest BCUT2D eigenvalue weighted by molar-refractivity contribution is 5.92. The molecule has 1 fully saturated rings. The van der Waals surface area contributed by atoms with Crippen molar-refractivity contribution in [3.63, 3.8) is 0 Å². The topological polar surface area (TPSA) is 74.1 Å². The maximum absolute atomic E-state index is 14.3. The summed E-state index contributed by atoms with van der Waals surface area (Å²) < 4.78 is 41.6. The number of hydrogen-bond acceptors (Lipinski definition) is 3. The van der Waals surface area contributed by atoms with Crippen LogP contribution < -0.4 is 11.1 Å². The molecule has 28 heavy (non-hydrogen) atoms. The van der Waals surface area contributed by atoms with Gasteiger partial charge in [0, 0.05) is 24.5 Å². The Kier molecular flexibility index (Phi) is 5.14. The van der Waals surface area contributed by atoms with E-state index < -0.39 is 17.9 Å². The summed E-state index contributed by atoms with van der Waals surface area (Å²) in [6.45, 7) is 0.775. The van der Waals surface area contributed by atoms with Crippen LogP contribution in [0.5, 0.6) is 0 Å². The number of H-pyrrole nitrogens is 1. The van der Waals surface area contributed by atoms with Gasteiger partial charge < -0.3 is 15.8 Å². The second-order valence-corrected chi connectivity index (χ2v) is 7.42. The Morgan fingerprint density at radius 3 is 2.50 bits per heavy atom. The van der Waals surface area contributed by atoms with E-state index in [9.17, 15) is 18.3 Å². The molecule has 7 heteroatoms. The molecule has 0 aliphatic heterocycles. The first kappa shape index (κ1) is 19.0. The minimum absolute atomic E-state index is 0.122. The van der Waals surface area contributed by atoms with Crippen molar-refractivity contribution in [2.45, 2.75) is 25.0 Å². The molecule has 0 radical (unpaired) electrons. The van der Waals surface area contributed by atoms with E-state index in [0.29, 0.717) is 23.5 Å². The minimum atomic E-state index is -0.731. The van der Waals surface area contributed by atoms with E-state index >= 15 is 0 Å². The Labute approximate surface area is 160 Å². The van der Waals surface area contributed by atoms with Gasteiger partial charge >= 0.3 is 0 Å². The number of benzene rings is 2. The van der Waals surface area contributed by atoms with Gasteiger partial charge in [-0.05, 0) is 66.1 Å². The van der Waals surface area contributed by atoms with E-state index in [1.54, 1.807) is 12.1 Å². The Morgan fingerprint density at radius 2 is 1.82 bits per heavy atom. The van der Waals surface area contributed by atoms with E-state index in [-0.39, 0.29) is 23.8 Å². The van der Waals surface area contributed by atoms with Crippen LogP contribution in [0.4, 0.5) is 13.2 Å². The van der Waals surface area contributed by atoms with Crippen LogP contribution in [0, 0.1) is 23.4 Å². The quantitative estimate of drug-likeness (QED) is 0.487. The lowest BCUT2D eigenvalue weighted by Gasteiger charge is -2.36. The van der Waals surface area contributed by atoms with Crippen LogP contribution in [-0.2, 0) is 0 Å². The number of hydrogen-bond donors (Lipinski definition) is 4. The summed E-state index contributed by atoms with van der Waals surface area (Å²) in [6.07, 6.45) is 0.915. The molecule has 148 valence electrons. The number of halogens is 3. The normalized spacial score (nSPS) is 20.3. The second kappa shape index (κ2) is 7.58.